The number of hydrogen-bond donors (Lipinski definition) is 1. The number of aromatic nitrogens is 2. The van der Waals surface area contributed by atoms with E-state index in [4.69, 9.17) is 5.73 Å². The zero-order valence-electron chi connectivity index (χ0n) is 9.52. The van der Waals surface area contributed by atoms with Gasteiger partial charge in [-0.2, -0.15) is 0 Å². The number of nitrogens with two attached hydrogens (primary N) is 1. The van der Waals surface area contributed by atoms with Crippen molar-refractivity contribution in [3.63, 3.8) is 0 Å². The first-order chi connectivity index (χ1) is 7.33. The van der Waals surface area contributed by atoms with Gasteiger partial charge >= 0.3 is 0 Å². The summed E-state index contributed by atoms with van der Waals surface area (Å²) in [6.07, 6.45) is 11.3. The highest BCUT2D eigenvalue weighted by atomic mass is 15.1. The predicted molar refractivity (Wildman–Crippen MR) is 61.7 cm³/mol. The number of nitrogens with zero attached hydrogens (tertiary/aromatic N) is 2. The second-order valence-electron chi connectivity index (χ2n) is 4.47. The quantitative estimate of drug-likeness (QED) is 0.756. The number of rotatable bonds is 2. The summed E-state index contributed by atoms with van der Waals surface area (Å²) in [6.45, 7) is 2.15. The van der Waals surface area contributed by atoms with Gasteiger partial charge in [0.2, 0.25) is 0 Å². The molecule has 2 N–H and O–H groups in total. The van der Waals surface area contributed by atoms with E-state index in [1.807, 2.05) is 6.20 Å². The molecule has 0 aromatic carbocycles. The second-order valence-corrected chi connectivity index (χ2v) is 4.47. The lowest BCUT2D eigenvalue weighted by molar-refractivity contribution is 0.379. The van der Waals surface area contributed by atoms with Gasteiger partial charge in [0.25, 0.3) is 0 Å². The molecule has 0 saturated heterocycles. The van der Waals surface area contributed by atoms with E-state index < -0.39 is 0 Å². The summed E-state index contributed by atoms with van der Waals surface area (Å²) < 4.78 is 2.30. The van der Waals surface area contributed by atoms with Crippen molar-refractivity contribution in [3.05, 3.63) is 18.2 Å². The predicted octanol–water partition coefficient (Wildman–Crippen LogP) is 2.28. The van der Waals surface area contributed by atoms with Gasteiger partial charge in [-0.25, -0.2) is 4.98 Å². The highest BCUT2D eigenvalue weighted by Gasteiger charge is 2.22. The fourth-order valence-electron chi connectivity index (χ4n) is 2.58. The molecular weight excluding hydrogens is 186 g/mol. The molecule has 0 radical (unpaired) electrons. The maximum absolute atomic E-state index is 6.25. The zero-order valence-corrected chi connectivity index (χ0v) is 9.52. The number of hydrogen-bond acceptors (Lipinski definition) is 2. The molecule has 1 aromatic rings. The molecule has 3 nitrogen and oxygen atoms in total. The molecule has 3 heteroatoms. The maximum atomic E-state index is 6.25. The van der Waals surface area contributed by atoms with E-state index in [1.165, 1.54) is 31.5 Å². The van der Waals surface area contributed by atoms with Crippen LogP contribution >= 0.6 is 0 Å². The van der Waals surface area contributed by atoms with Gasteiger partial charge in [0.05, 0.1) is 0 Å². The fourth-order valence-corrected chi connectivity index (χ4v) is 2.58. The number of imidazole rings is 1. The summed E-state index contributed by atoms with van der Waals surface area (Å²) in [6, 6.07) is 0.789. The van der Waals surface area contributed by atoms with Crippen molar-refractivity contribution in [1.82, 2.24) is 9.55 Å². The summed E-state index contributed by atoms with van der Waals surface area (Å²) >= 11 is 0. The first-order valence-corrected chi connectivity index (χ1v) is 6.10. The minimum Gasteiger partial charge on any atom is -0.330 e. The largest absolute Gasteiger partial charge is 0.330 e. The topological polar surface area (TPSA) is 43.8 Å². The highest BCUT2D eigenvalue weighted by Crippen LogP contribution is 2.27. The molecule has 15 heavy (non-hydrogen) atoms. The Labute approximate surface area is 91.7 Å². The van der Waals surface area contributed by atoms with Gasteiger partial charge < -0.3 is 10.3 Å². The average molecular weight is 207 g/mol. The molecule has 0 bridgehead atoms. The van der Waals surface area contributed by atoms with Crippen molar-refractivity contribution in [3.8, 4) is 0 Å². The van der Waals surface area contributed by atoms with Crippen LogP contribution in [-0.2, 0) is 6.42 Å². The van der Waals surface area contributed by atoms with Gasteiger partial charge in [-0.05, 0) is 12.8 Å². The van der Waals surface area contributed by atoms with Crippen LogP contribution in [0.25, 0.3) is 0 Å². The average Bonchev–Trinajstić information content (AvgIpc) is 2.61. The summed E-state index contributed by atoms with van der Waals surface area (Å²) in [5, 5.41) is 0. The summed E-state index contributed by atoms with van der Waals surface area (Å²) in [5.74, 6) is 1.18. The Morgan fingerprint density at radius 2 is 2.20 bits per heavy atom. The van der Waals surface area contributed by atoms with Gasteiger partial charge in [0, 0.05) is 30.9 Å². The molecule has 2 atom stereocenters. The van der Waals surface area contributed by atoms with Crippen LogP contribution in [-0.4, -0.2) is 15.6 Å². The van der Waals surface area contributed by atoms with E-state index in [-0.39, 0.29) is 0 Å². The fraction of sp³-hybridized carbons (Fsp3) is 0.750. The minimum absolute atomic E-state index is 0.312. The third kappa shape index (κ3) is 2.23. The summed E-state index contributed by atoms with van der Waals surface area (Å²) in [7, 11) is 0. The molecule has 1 fully saturated rings. The molecule has 0 spiro atoms. The lowest BCUT2D eigenvalue weighted by atomic mass is 10.0. The minimum atomic E-state index is 0.312. The Morgan fingerprint density at radius 1 is 1.40 bits per heavy atom. The van der Waals surface area contributed by atoms with Gasteiger partial charge in [0.1, 0.15) is 5.82 Å². The van der Waals surface area contributed by atoms with Crippen LogP contribution in [0.1, 0.15) is 50.9 Å². The molecule has 0 aliphatic heterocycles. The Balaban J connectivity index is 2.19. The molecule has 1 aliphatic rings. The second kappa shape index (κ2) is 4.79. The summed E-state index contributed by atoms with van der Waals surface area (Å²) in [5.41, 5.74) is 6.25. The SMILES string of the molecule is CCc1nccn1C1CCCCCC1N. The van der Waals surface area contributed by atoms with Crippen LogP contribution < -0.4 is 5.73 Å². The Bertz CT molecular complexity index is 306. The van der Waals surface area contributed by atoms with E-state index in [0.29, 0.717) is 12.1 Å². The Morgan fingerprint density at radius 3 is 3.00 bits per heavy atom. The van der Waals surface area contributed by atoms with Crippen LogP contribution in [0.15, 0.2) is 12.4 Å². The molecule has 84 valence electrons. The smallest absolute Gasteiger partial charge is 0.108 e. The Kier molecular flexibility index (Phi) is 3.41. The molecule has 0 amide bonds. The van der Waals surface area contributed by atoms with Crippen LogP contribution in [0.5, 0.6) is 0 Å². The molecule has 2 unspecified atom stereocenters. The van der Waals surface area contributed by atoms with E-state index >= 15 is 0 Å². The van der Waals surface area contributed by atoms with Crippen LogP contribution in [0.2, 0.25) is 0 Å². The van der Waals surface area contributed by atoms with Gasteiger partial charge in [-0.1, -0.05) is 26.2 Å². The lowest BCUT2D eigenvalue weighted by Crippen LogP contribution is -2.31. The third-order valence-electron chi connectivity index (χ3n) is 3.45. The first-order valence-electron chi connectivity index (χ1n) is 6.10. The van der Waals surface area contributed by atoms with E-state index in [2.05, 4.69) is 22.7 Å². The maximum Gasteiger partial charge on any atom is 0.108 e. The van der Waals surface area contributed by atoms with E-state index in [1.54, 1.807) is 0 Å². The highest BCUT2D eigenvalue weighted by molar-refractivity contribution is 4.97. The first kappa shape index (κ1) is 10.7. The van der Waals surface area contributed by atoms with Crippen molar-refractivity contribution in [2.45, 2.75) is 57.5 Å². The normalized spacial score (nSPS) is 27.6. The van der Waals surface area contributed by atoms with Crippen LogP contribution in [0.4, 0.5) is 0 Å². The van der Waals surface area contributed by atoms with Crippen molar-refractivity contribution < 1.29 is 0 Å². The molecule has 1 aliphatic carbocycles. The monoisotopic (exact) mass is 207 g/mol. The number of aryl methyl sites for hydroxylation is 1. The summed E-state index contributed by atoms with van der Waals surface area (Å²) in [4.78, 5) is 4.38. The van der Waals surface area contributed by atoms with Crippen LogP contribution in [0.3, 0.4) is 0 Å². The van der Waals surface area contributed by atoms with Gasteiger partial charge in [-0.15, -0.1) is 0 Å². The van der Waals surface area contributed by atoms with E-state index in [9.17, 15) is 0 Å². The zero-order chi connectivity index (χ0) is 10.7. The van der Waals surface area contributed by atoms with Crippen molar-refractivity contribution in [2.24, 2.45) is 5.73 Å². The van der Waals surface area contributed by atoms with Crippen molar-refractivity contribution >= 4 is 0 Å². The Hall–Kier alpha value is -0.830. The lowest BCUT2D eigenvalue weighted by Gasteiger charge is -2.24. The van der Waals surface area contributed by atoms with Crippen molar-refractivity contribution in [2.75, 3.05) is 0 Å². The third-order valence-corrected chi connectivity index (χ3v) is 3.45. The van der Waals surface area contributed by atoms with Crippen LogP contribution in [0, 0.1) is 0 Å². The molecule has 1 heterocycles. The molecule has 2 rings (SSSR count). The van der Waals surface area contributed by atoms with Crippen molar-refractivity contribution in [1.29, 1.82) is 0 Å². The van der Waals surface area contributed by atoms with E-state index in [0.717, 1.165) is 12.8 Å². The molecule has 1 aromatic heterocycles. The molecule has 1 saturated carbocycles. The standard InChI is InChI=1S/C12H21N3/c1-2-12-14-8-9-15(12)11-7-5-3-4-6-10(11)13/h8-11H,2-7,13H2,1H3. The van der Waals surface area contributed by atoms with Gasteiger partial charge in [0.15, 0.2) is 0 Å². The van der Waals surface area contributed by atoms with Gasteiger partial charge in [-0.3, -0.25) is 0 Å². The molecular formula is C12H21N3.